The number of carbonyl (C=O) groups excluding carboxylic acids is 3. The molecule has 0 aliphatic heterocycles. The van der Waals surface area contributed by atoms with Crippen LogP contribution in [0.1, 0.15) is 24.2 Å². The number of H-pyrrole nitrogens is 2. The van der Waals surface area contributed by atoms with Gasteiger partial charge in [-0.05, 0) is 12.8 Å². The van der Waals surface area contributed by atoms with Crippen LogP contribution in [0.4, 0.5) is 0 Å². The minimum Gasteiger partial charge on any atom is -0.480 e. The number of nitrogens with one attached hydrogen (secondary N) is 5. The normalized spacial score (nSPS) is 13.9. The van der Waals surface area contributed by atoms with Gasteiger partial charge >= 0.3 is 5.97 Å². The fraction of sp³-hybridized carbons (Fsp3) is 0.476. The molecule has 0 aromatic carbocycles. The molecule has 2 aromatic heterocycles. The summed E-state index contributed by atoms with van der Waals surface area (Å²) in [5, 5.41) is 26.3. The first kappa shape index (κ1) is 29.7. The van der Waals surface area contributed by atoms with Crippen LogP contribution in [0.2, 0.25) is 0 Å². The summed E-state index contributed by atoms with van der Waals surface area (Å²) in [6.07, 6.45) is 6.08. The zero-order valence-corrected chi connectivity index (χ0v) is 20.5. The van der Waals surface area contributed by atoms with Crippen molar-refractivity contribution in [1.29, 1.82) is 0 Å². The molecule has 38 heavy (non-hydrogen) atoms. The number of aromatic amines is 2. The molecule has 208 valence electrons. The van der Waals surface area contributed by atoms with Crippen molar-refractivity contribution in [3.8, 4) is 0 Å². The third kappa shape index (κ3) is 9.86. The molecule has 0 radical (unpaired) electrons. The van der Waals surface area contributed by atoms with Gasteiger partial charge in [0.15, 0.2) is 5.96 Å². The Labute approximate surface area is 217 Å². The molecule has 3 amide bonds. The first-order chi connectivity index (χ1) is 18.1. The number of guanidine groups is 1. The summed E-state index contributed by atoms with van der Waals surface area (Å²) in [5.74, 6) is -3.85. The van der Waals surface area contributed by atoms with E-state index in [1.54, 1.807) is 0 Å². The third-order valence-electron chi connectivity index (χ3n) is 5.32. The van der Waals surface area contributed by atoms with Crippen molar-refractivity contribution in [2.75, 3.05) is 13.2 Å². The Bertz CT molecular complexity index is 1070. The zero-order chi connectivity index (χ0) is 28.1. The number of aromatic nitrogens is 4. The summed E-state index contributed by atoms with van der Waals surface area (Å²) in [6.45, 7) is -0.665. The number of aliphatic imine (C=N–C) groups is 1. The number of nitrogens with zero attached hydrogens (tertiary/aromatic N) is 3. The standard InChI is InChI=1S/C21H33N11O6/c22-13(4-11-6-25-9-28-11)17(34)30-14(2-1-3-27-21(23)24)18(35)32-16(8-33)19(36)31-15(20(37)38)5-12-7-26-10-29-12/h6-7,9-10,13-16,33H,1-5,8,22H2,(H,25,28)(H,26,29)(H,30,34)(H,31,36)(H,32,35)(H,37,38)(H4,23,24,27). The first-order valence-corrected chi connectivity index (χ1v) is 11.6. The van der Waals surface area contributed by atoms with E-state index in [1.165, 1.54) is 25.0 Å². The van der Waals surface area contributed by atoms with Crippen LogP contribution in [0.15, 0.2) is 30.0 Å². The second kappa shape index (κ2) is 14.9. The first-order valence-electron chi connectivity index (χ1n) is 11.6. The predicted molar refractivity (Wildman–Crippen MR) is 133 cm³/mol. The zero-order valence-electron chi connectivity index (χ0n) is 20.5. The molecule has 2 heterocycles. The van der Waals surface area contributed by atoms with E-state index in [0.717, 1.165) is 0 Å². The van der Waals surface area contributed by atoms with Crippen LogP contribution in [0.5, 0.6) is 0 Å². The van der Waals surface area contributed by atoms with Gasteiger partial charge in [-0.25, -0.2) is 14.8 Å². The number of rotatable bonds is 16. The minimum absolute atomic E-state index is 0.0719. The summed E-state index contributed by atoms with van der Waals surface area (Å²) in [5.41, 5.74) is 17.6. The van der Waals surface area contributed by atoms with Crippen LogP contribution in [-0.4, -0.2) is 97.1 Å². The second-order valence-electron chi connectivity index (χ2n) is 8.32. The highest BCUT2D eigenvalue weighted by molar-refractivity contribution is 5.94. The van der Waals surface area contributed by atoms with E-state index >= 15 is 0 Å². The Morgan fingerprint density at radius 3 is 1.97 bits per heavy atom. The van der Waals surface area contributed by atoms with Crippen molar-refractivity contribution in [1.82, 2.24) is 35.9 Å². The van der Waals surface area contributed by atoms with Crippen LogP contribution >= 0.6 is 0 Å². The van der Waals surface area contributed by atoms with Gasteiger partial charge in [0.05, 0.1) is 25.3 Å². The molecule has 2 rings (SSSR count). The molecule has 0 aliphatic carbocycles. The molecule has 4 unspecified atom stereocenters. The molecule has 0 fully saturated rings. The van der Waals surface area contributed by atoms with Gasteiger partial charge in [-0.15, -0.1) is 0 Å². The fourth-order valence-corrected chi connectivity index (χ4v) is 3.33. The largest absolute Gasteiger partial charge is 0.480 e. The number of hydrogen-bond donors (Lipinski definition) is 10. The van der Waals surface area contributed by atoms with Gasteiger partial charge in [-0.1, -0.05) is 0 Å². The third-order valence-corrected chi connectivity index (χ3v) is 5.32. The summed E-state index contributed by atoms with van der Waals surface area (Å²) >= 11 is 0. The Balaban J connectivity index is 2.05. The number of amides is 3. The van der Waals surface area contributed by atoms with Gasteiger partial charge in [0.2, 0.25) is 17.7 Å². The number of carbonyl (C=O) groups is 4. The lowest BCUT2D eigenvalue weighted by atomic mass is 10.1. The minimum atomic E-state index is -1.50. The molecule has 17 heteroatoms. The number of imidazole rings is 2. The maximum atomic E-state index is 13.0. The Morgan fingerprint density at radius 2 is 1.45 bits per heavy atom. The van der Waals surface area contributed by atoms with E-state index in [-0.39, 0.29) is 38.2 Å². The molecule has 4 atom stereocenters. The molecular weight excluding hydrogens is 502 g/mol. The van der Waals surface area contributed by atoms with Crippen molar-refractivity contribution in [2.24, 2.45) is 22.2 Å². The van der Waals surface area contributed by atoms with Crippen LogP contribution in [-0.2, 0) is 32.0 Å². The number of aliphatic hydroxyl groups excluding tert-OH is 1. The number of carboxylic acid groups (broad SMARTS) is 1. The lowest BCUT2D eigenvalue weighted by Crippen LogP contribution is -2.58. The second-order valence-corrected chi connectivity index (χ2v) is 8.32. The lowest BCUT2D eigenvalue weighted by molar-refractivity contribution is -0.142. The average Bonchev–Trinajstić information content (AvgIpc) is 3.57. The number of aliphatic hydroxyl groups is 1. The van der Waals surface area contributed by atoms with Crippen LogP contribution in [0.3, 0.4) is 0 Å². The smallest absolute Gasteiger partial charge is 0.326 e. The molecule has 17 nitrogen and oxygen atoms in total. The van der Waals surface area contributed by atoms with Crippen molar-refractivity contribution in [2.45, 2.75) is 49.9 Å². The molecule has 0 aliphatic rings. The molecule has 0 saturated heterocycles. The van der Waals surface area contributed by atoms with Gasteiger partial charge in [-0.2, -0.15) is 0 Å². The van der Waals surface area contributed by atoms with Gasteiger partial charge in [-0.3, -0.25) is 19.4 Å². The quantitative estimate of drug-likeness (QED) is 0.0558. The Kier molecular flexibility index (Phi) is 11.7. The Hall–Kier alpha value is -4.51. The summed E-state index contributed by atoms with van der Waals surface area (Å²) in [6, 6.07) is -5.03. The van der Waals surface area contributed by atoms with E-state index in [2.05, 4.69) is 40.9 Å². The van der Waals surface area contributed by atoms with E-state index < -0.39 is 54.5 Å². The van der Waals surface area contributed by atoms with E-state index in [1.807, 2.05) is 0 Å². The number of nitrogens with two attached hydrogens (primary N) is 3. The number of hydrogen-bond acceptors (Lipinski definition) is 9. The van der Waals surface area contributed by atoms with Crippen molar-refractivity contribution < 1.29 is 29.4 Å². The molecular formula is C21H33N11O6. The van der Waals surface area contributed by atoms with Crippen molar-refractivity contribution in [3.63, 3.8) is 0 Å². The number of aliphatic carboxylic acids is 1. The fourth-order valence-electron chi connectivity index (χ4n) is 3.33. The summed E-state index contributed by atoms with van der Waals surface area (Å²) < 4.78 is 0. The van der Waals surface area contributed by atoms with Crippen molar-refractivity contribution in [3.05, 3.63) is 36.4 Å². The van der Waals surface area contributed by atoms with E-state index in [9.17, 15) is 29.4 Å². The monoisotopic (exact) mass is 535 g/mol. The molecule has 0 bridgehead atoms. The van der Waals surface area contributed by atoms with Gasteiger partial charge < -0.3 is 53.3 Å². The highest BCUT2D eigenvalue weighted by Crippen LogP contribution is 2.04. The molecule has 0 spiro atoms. The molecule has 13 N–H and O–H groups in total. The summed E-state index contributed by atoms with van der Waals surface area (Å²) in [7, 11) is 0. The van der Waals surface area contributed by atoms with Crippen molar-refractivity contribution >= 4 is 29.7 Å². The topological polar surface area (TPSA) is 293 Å². The maximum absolute atomic E-state index is 13.0. The van der Waals surface area contributed by atoms with Gasteiger partial charge in [0, 0.05) is 43.2 Å². The van der Waals surface area contributed by atoms with E-state index in [4.69, 9.17) is 17.2 Å². The summed E-state index contributed by atoms with van der Waals surface area (Å²) in [4.78, 5) is 67.0. The highest BCUT2D eigenvalue weighted by Gasteiger charge is 2.30. The predicted octanol–water partition coefficient (Wildman–Crippen LogP) is -4.17. The Morgan fingerprint density at radius 1 is 0.895 bits per heavy atom. The highest BCUT2D eigenvalue weighted by atomic mass is 16.4. The maximum Gasteiger partial charge on any atom is 0.326 e. The molecule has 0 saturated carbocycles. The van der Waals surface area contributed by atoms with E-state index in [0.29, 0.717) is 11.4 Å². The van der Waals surface area contributed by atoms with Crippen LogP contribution < -0.4 is 33.2 Å². The average molecular weight is 536 g/mol. The van der Waals surface area contributed by atoms with Gasteiger partial charge in [0.25, 0.3) is 0 Å². The number of carboxylic acids is 1. The lowest BCUT2D eigenvalue weighted by Gasteiger charge is -2.24. The molecule has 2 aromatic rings. The van der Waals surface area contributed by atoms with Crippen LogP contribution in [0.25, 0.3) is 0 Å². The SMILES string of the molecule is NC(N)=NCCCC(NC(=O)C(N)Cc1cnc[nH]1)C(=O)NC(CO)C(=O)NC(Cc1cnc[nH]1)C(=O)O. The van der Waals surface area contributed by atoms with Gasteiger partial charge in [0.1, 0.15) is 18.1 Å². The van der Waals surface area contributed by atoms with Crippen LogP contribution in [0, 0.1) is 0 Å².